The number of aliphatic imine (C=N–C) groups is 1. The van der Waals surface area contributed by atoms with Crippen molar-refractivity contribution in [3.8, 4) is 17.2 Å². The molecule has 1 amide bonds. The number of benzene rings is 4. The number of hydrogen-bond acceptors (Lipinski definition) is 10. The molecule has 0 aliphatic carbocycles. The normalized spacial score (nSPS) is 17.0. The third-order valence-corrected chi connectivity index (χ3v) is 10.7. The van der Waals surface area contributed by atoms with Gasteiger partial charge >= 0.3 is 0 Å². The fourth-order valence-corrected chi connectivity index (χ4v) is 7.44. The van der Waals surface area contributed by atoms with E-state index in [1.807, 2.05) is 42.5 Å². The Morgan fingerprint density at radius 2 is 1.68 bits per heavy atom. The molecule has 0 saturated carbocycles. The average molecular weight is 767 g/mol. The van der Waals surface area contributed by atoms with E-state index >= 15 is 0 Å². The number of aliphatic hydroxyl groups excluding tert-OH is 1. The molecule has 0 unspecified atom stereocenters. The molecule has 0 saturated heterocycles. The number of hydrogen-bond donors (Lipinski definition) is 3. The highest BCUT2D eigenvalue weighted by atomic mass is 79.9. The monoisotopic (exact) mass is 765 g/mol. The number of nitrogens with zero attached hydrogens (tertiary/aromatic N) is 1. The van der Waals surface area contributed by atoms with Crippen molar-refractivity contribution in [1.82, 2.24) is 10.9 Å². The van der Waals surface area contributed by atoms with Gasteiger partial charge in [-0.1, -0.05) is 58.4 Å². The van der Waals surface area contributed by atoms with Crippen LogP contribution in [0.25, 0.3) is 0 Å². The lowest BCUT2D eigenvalue weighted by atomic mass is 9.85. The highest BCUT2D eigenvalue weighted by Gasteiger charge is 2.54. The lowest BCUT2D eigenvalue weighted by molar-refractivity contribution is -0.130. The standard InChI is InChI=1S/C37H40BrN3O8S/c1-46-32-18-13-26(25-33(32)47-2)19-21-39-41-36(43)37(20-24-50(44,45)29-9-4-3-5-10-29)34(30-11-6-7-12-31(30)38)49-35(40-37)27-14-16-28(17-15-27)48-23-8-22-42/h3-7,9-18,25,34,39,42H,8,19-24H2,1-2H3,(H,41,43)/t34-,37-/m0/s1. The minimum absolute atomic E-state index is 0.0222. The minimum Gasteiger partial charge on any atom is -0.494 e. The molecule has 13 heteroatoms. The largest absolute Gasteiger partial charge is 0.494 e. The van der Waals surface area contributed by atoms with E-state index in [4.69, 9.17) is 29.0 Å². The van der Waals surface area contributed by atoms with Crippen LogP contribution >= 0.6 is 15.9 Å². The van der Waals surface area contributed by atoms with Gasteiger partial charge in [0, 0.05) is 41.6 Å². The number of hydrazine groups is 1. The highest BCUT2D eigenvalue weighted by Crippen LogP contribution is 2.45. The van der Waals surface area contributed by atoms with Crippen molar-refractivity contribution in [3.05, 3.63) is 118 Å². The van der Waals surface area contributed by atoms with E-state index in [1.54, 1.807) is 56.7 Å². The Hall–Kier alpha value is -4.43. The summed E-state index contributed by atoms with van der Waals surface area (Å²) in [5.74, 6) is 1.08. The first-order valence-electron chi connectivity index (χ1n) is 16.1. The van der Waals surface area contributed by atoms with Gasteiger partial charge in [0.1, 0.15) is 5.75 Å². The van der Waals surface area contributed by atoms with Gasteiger partial charge in [-0.15, -0.1) is 0 Å². The van der Waals surface area contributed by atoms with Gasteiger partial charge in [0.05, 0.1) is 31.5 Å². The zero-order valence-electron chi connectivity index (χ0n) is 27.8. The van der Waals surface area contributed by atoms with Crippen molar-refractivity contribution < 1.29 is 37.3 Å². The predicted molar refractivity (Wildman–Crippen MR) is 193 cm³/mol. The second kappa shape index (κ2) is 17.0. The summed E-state index contributed by atoms with van der Waals surface area (Å²) < 4.78 is 50.8. The van der Waals surface area contributed by atoms with Crippen LogP contribution in [0.3, 0.4) is 0 Å². The van der Waals surface area contributed by atoms with Crippen molar-refractivity contribution in [3.63, 3.8) is 0 Å². The Kier molecular flexibility index (Phi) is 12.5. The molecule has 4 aromatic carbocycles. The molecule has 11 nitrogen and oxygen atoms in total. The van der Waals surface area contributed by atoms with Gasteiger partial charge < -0.3 is 24.1 Å². The summed E-state index contributed by atoms with van der Waals surface area (Å²) in [7, 11) is -0.661. The maximum absolute atomic E-state index is 14.4. The molecular formula is C37H40BrN3O8S. The first-order chi connectivity index (χ1) is 24.2. The second-order valence-electron chi connectivity index (χ2n) is 11.5. The average Bonchev–Trinajstić information content (AvgIpc) is 3.54. The Morgan fingerprint density at radius 1 is 0.960 bits per heavy atom. The zero-order valence-corrected chi connectivity index (χ0v) is 30.2. The van der Waals surface area contributed by atoms with Gasteiger partial charge in [0.2, 0.25) is 5.90 Å². The van der Waals surface area contributed by atoms with Gasteiger partial charge in [0.25, 0.3) is 5.91 Å². The van der Waals surface area contributed by atoms with E-state index in [0.29, 0.717) is 58.8 Å². The number of aliphatic hydroxyl groups is 1. The Morgan fingerprint density at radius 3 is 2.38 bits per heavy atom. The fourth-order valence-electron chi connectivity index (χ4n) is 5.56. The summed E-state index contributed by atoms with van der Waals surface area (Å²) in [6, 6.07) is 28.1. The Bertz CT molecular complexity index is 1890. The van der Waals surface area contributed by atoms with Crippen LogP contribution < -0.4 is 25.1 Å². The van der Waals surface area contributed by atoms with Crippen LogP contribution in [0.2, 0.25) is 0 Å². The van der Waals surface area contributed by atoms with E-state index in [-0.39, 0.29) is 29.6 Å². The Labute approximate surface area is 300 Å². The number of rotatable bonds is 17. The predicted octanol–water partition coefficient (Wildman–Crippen LogP) is 5.21. The number of sulfone groups is 1. The second-order valence-corrected chi connectivity index (χ2v) is 14.5. The Balaban J connectivity index is 1.47. The molecule has 1 heterocycles. The van der Waals surface area contributed by atoms with Crippen LogP contribution in [0.5, 0.6) is 17.2 Å². The van der Waals surface area contributed by atoms with Gasteiger partial charge in [-0.05, 0) is 66.6 Å². The van der Waals surface area contributed by atoms with Crippen LogP contribution in [0.1, 0.15) is 35.6 Å². The van der Waals surface area contributed by atoms with Gasteiger partial charge in [-0.25, -0.2) is 18.8 Å². The van der Waals surface area contributed by atoms with Crippen molar-refractivity contribution in [2.75, 3.05) is 39.7 Å². The molecule has 0 aromatic heterocycles. The quantitative estimate of drug-likeness (QED) is 0.0975. The molecule has 0 spiro atoms. The highest BCUT2D eigenvalue weighted by molar-refractivity contribution is 9.10. The molecular weight excluding hydrogens is 726 g/mol. The first-order valence-corrected chi connectivity index (χ1v) is 18.5. The van der Waals surface area contributed by atoms with Crippen LogP contribution in [-0.2, 0) is 25.8 Å². The first kappa shape index (κ1) is 36.8. The molecule has 4 aromatic rings. The van der Waals surface area contributed by atoms with E-state index in [2.05, 4.69) is 26.8 Å². The van der Waals surface area contributed by atoms with Crippen molar-refractivity contribution in [2.24, 2.45) is 4.99 Å². The molecule has 1 aliphatic rings. The number of methoxy groups -OCH3 is 2. The van der Waals surface area contributed by atoms with E-state index < -0.39 is 27.4 Å². The maximum Gasteiger partial charge on any atom is 0.266 e. The molecule has 5 rings (SSSR count). The number of ether oxygens (including phenoxy) is 4. The lowest BCUT2D eigenvalue weighted by Crippen LogP contribution is -2.53. The van der Waals surface area contributed by atoms with E-state index in [0.717, 1.165) is 5.56 Å². The summed E-state index contributed by atoms with van der Waals surface area (Å²) in [5.41, 5.74) is 6.30. The number of amides is 1. The van der Waals surface area contributed by atoms with Crippen LogP contribution in [0.4, 0.5) is 0 Å². The van der Waals surface area contributed by atoms with E-state index in [1.165, 1.54) is 12.1 Å². The number of carbonyl (C=O) groups excluding carboxylic acids is 1. The van der Waals surface area contributed by atoms with Crippen LogP contribution in [0, 0.1) is 0 Å². The fraction of sp³-hybridized carbons (Fsp3) is 0.297. The molecule has 0 radical (unpaired) electrons. The number of halogens is 1. The smallest absolute Gasteiger partial charge is 0.266 e. The van der Waals surface area contributed by atoms with Crippen molar-refractivity contribution in [1.29, 1.82) is 0 Å². The van der Waals surface area contributed by atoms with Crippen molar-refractivity contribution in [2.45, 2.75) is 35.8 Å². The lowest BCUT2D eigenvalue weighted by Gasteiger charge is -2.31. The minimum atomic E-state index is -3.80. The molecule has 1 aliphatic heterocycles. The molecule has 3 N–H and O–H groups in total. The maximum atomic E-state index is 14.4. The van der Waals surface area contributed by atoms with Gasteiger partial charge in [0.15, 0.2) is 33.0 Å². The summed E-state index contributed by atoms with van der Waals surface area (Å²) in [6.45, 7) is 0.735. The number of nitrogens with one attached hydrogen (secondary N) is 2. The third-order valence-electron chi connectivity index (χ3n) is 8.26. The summed E-state index contributed by atoms with van der Waals surface area (Å²) in [5, 5.41) is 9.08. The molecule has 264 valence electrons. The molecule has 0 bridgehead atoms. The van der Waals surface area contributed by atoms with Gasteiger partial charge in [-0.2, -0.15) is 0 Å². The van der Waals surface area contributed by atoms with Crippen LogP contribution in [0.15, 0.2) is 111 Å². The van der Waals surface area contributed by atoms with Gasteiger partial charge in [-0.3, -0.25) is 10.2 Å². The third kappa shape index (κ3) is 8.64. The van der Waals surface area contributed by atoms with Crippen molar-refractivity contribution >= 4 is 37.6 Å². The summed E-state index contributed by atoms with van der Waals surface area (Å²) >= 11 is 3.61. The molecule has 2 atom stereocenters. The molecule has 0 fully saturated rings. The van der Waals surface area contributed by atoms with E-state index in [9.17, 15) is 13.2 Å². The zero-order chi connectivity index (χ0) is 35.6. The summed E-state index contributed by atoms with van der Waals surface area (Å²) in [4.78, 5) is 19.5. The molecule has 50 heavy (non-hydrogen) atoms. The SMILES string of the molecule is COc1ccc(CCNNC(=O)[C@@]2(CCS(=O)(=O)c3ccccc3)N=C(c3ccc(OCCCO)cc3)O[C@H]2c2ccccc2Br)cc1OC. The van der Waals surface area contributed by atoms with Crippen LogP contribution in [-0.4, -0.2) is 70.6 Å². The summed E-state index contributed by atoms with van der Waals surface area (Å²) in [6.07, 6.45) is -0.115. The topological polar surface area (TPSA) is 145 Å². The number of carbonyl (C=O) groups is 1.